The number of hydrogen-bond acceptors (Lipinski definition) is 3. The third kappa shape index (κ3) is 4.92. The van der Waals surface area contributed by atoms with E-state index >= 15 is 0 Å². The molecule has 6 nitrogen and oxygen atoms in total. The molecule has 2 rings (SSSR count). The minimum Gasteiger partial charge on any atom is -0.482 e. The highest BCUT2D eigenvalue weighted by Crippen LogP contribution is 2.30. The molecule has 1 saturated heterocycles. The van der Waals surface area contributed by atoms with Crippen LogP contribution in [0.3, 0.4) is 0 Å². The van der Waals surface area contributed by atoms with E-state index in [1.807, 2.05) is 0 Å². The number of halogens is 4. The van der Waals surface area contributed by atoms with Gasteiger partial charge in [-0.25, -0.2) is 4.79 Å². The van der Waals surface area contributed by atoms with Gasteiger partial charge in [0.05, 0.1) is 11.6 Å². The summed E-state index contributed by atoms with van der Waals surface area (Å²) in [5.41, 5.74) is 0.0208. The summed E-state index contributed by atoms with van der Waals surface area (Å²) in [4.78, 5) is 24.3. The van der Waals surface area contributed by atoms with Crippen molar-refractivity contribution in [2.24, 2.45) is 5.92 Å². The molecule has 1 heterocycles. The van der Waals surface area contributed by atoms with Gasteiger partial charge in [0, 0.05) is 24.2 Å². The molecule has 1 aromatic rings. The van der Waals surface area contributed by atoms with Gasteiger partial charge in [-0.2, -0.15) is 13.2 Å². The summed E-state index contributed by atoms with van der Waals surface area (Å²) in [6.07, 6.45) is -4.21. The number of urea groups is 1. The van der Waals surface area contributed by atoms with Gasteiger partial charge in [0.15, 0.2) is 6.61 Å². The first kappa shape index (κ1) is 18.2. The quantitative estimate of drug-likeness (QED) is 0.857. The van der Waals surface area contributed by atoms with Crippen LogP contribution in [0.2, 0.25) is 5.02 Å². The van der Waals surface area contributed by atoms with Crippen LogP contribution >= 0.6 is 11.6 Å². The molecule has 2 amide bonds. The maximum atomic E-state index is 12.3. The van der Waals surface area contributed by atoms with Crippen molar-refractivity contribution in [2.75, 3.05) is 25.0 Å². The number of carboxylic acid groups (broad SMARTS) is 1. The topological polar surface area (TPSA) is 78.9 Å². The highest BCUT2D eigenvalue weighted by Gasteiger charge is 2.32. The van der Waals surface area contributed by atoms with E-state index < -0.39 is 30.7 Å². The van der Waals surface area contributed by atoms with Crippen molar-refractivity contribution >= 4 is 29.3 Å². The average Bonchev–Trinajstić information content (AvgIpc) is 2.96. The molecule has 0 radical (unpaired) electrons. The lowest BCUT2D eigenvalue weighted by atomic mass is 10.1. The second-order valence-corrected chi connectivity index (χ2v) is 5.68. The van der Waals surface area contributed by atoms with Crippen molar-refractivity contribution in [3.63, 3.8) is 0 Å². The fourth-order valence-electron chi connectivity index (χ4n) is 2.22. The molecule has 0 aromatic heterocycles. The Hall–Kier alpha value is -2.16. The first-order valence-corrected chi connectivity index (χ1v) is 7.31. The first-order chi connectivity index (χ1) is 11.2. The zero-order chi connectivity index (χ0) is 17.9. The number of carbonyl (C=O) groups excluding carboxylic acids is 1. The van der Waals surface area contributed by atoms with Crippen molar-refractivity contribution in [3.8, 4) is 5.75 Å². The number of ether oxygens (including phenoxy) is 1. The van der Waals surface area contributed by atoms with Gasteiger partial charge in [0.25, 0.3) is 0 Å². The van der Waals surface area contributed by atoms with E-state index in [4.69, 9.17) is 16.7 Å². The van der Waals surface area contributed by atoms with E-state index in [0.717, 1.165) is 6.07 Å². The number of alkyl halides is 3. The Bertz CT molecular complexity index is 639. The van der Waals surface area contributed by atoms with Crippen molar-refractivity contribution in [1.29, 1.82) is 0 Å². The van der Waals surface area contributed by atoms with Crippen molar-refractivity contribution in [3.05, 3.63) is 23.2 Å². The molecule has 1 aliphatic heterocycles. The number of hydrogen-bond donors (Lipinski definition) is 2. The minimum absolute atomic E-state index is 0.0208. The summed E-state index contributed by atoms with van der Waals surface area (Å²) in [6, 6.07) is 3.25. The van der Waals surface area contributed by atoms with E-state index in [1.165, 1.54) is 17.0 Å². The van der Waals surface area contributed by atoms with E-state index in [2.05, 4.69) is 10.1 Å². The van der Waals surface area contributed by atoms with Gasteiger partial charge in [-0.3, -0.25) is 4.79 Å². The molecule has 1 atom stereocenters. The SMILES string of the molecule is O=C(O)C1CCN(C(=O)Nc2ccc(Cl)cc2OCC(F)(F)F)C1. The van der Waals surface area contributed by atoms with Crippen molar-refractivity contribution < 1.29 is 32.6 Å². The van der Waals surface area contributed by atoms with E-state index in [1.54, 1.807) is 0 Å². The second kappa shape index (κ2) is 7.16. The molecular weight excluding hydrogens is 353 g/mol. The summed E-state index contributed by atoms with van der Waals surface area (Å²) in [5.74, 6) is -1.87. The van der Waals surface area contributed by atoms with Crippen LogP contribution in [0.4, 0.5) is 23.7 Å². The van der Waals surface area contributed by atoms with Gasteiger partial charge in [-0.05, 0) is 18.6 Å². The molecule has 0 aliphatic carbocycles. The van der Waals surface area contributed by atoms with Crippen LogP contribution in [0.1, 0.15) is 6.42 Å². The summed E-state index contributed by atoms with van der Waals surface area (Å²) in [6.45, 7) is -1.25. The van der Waals surface area contributed by atoms with Gasteiger partial charge in [-0.1, -0.05) is 11.6 Å². The Kier molecular flexibility index (Phi) is 5.43. The number of anilines is 1. The second-order valence-electron chi connectivity index (χ2n) is 5.24. The smallest absolute Gasteiger partial charge is 0.422 e. The van der Waals surface area contributed by atoms with E-state index in [9.17, 15) is 22.8 Å². The third-order valence-electron chi connectivity index (χ3n) is 3.40. The van der Waals surface area contributed by atoms with Gasteiger partial charge in [0.2, 0.25) is 0 Å². The maximum absolute atomic E-state index is 12.3. The van der Waals surface area contributed by atoms with Crippen LogP contribution in [-0.2, 0) is 4.79 Å². The average molecular weight is 367 g/mol. The molecule has 1 fully saturated rings. The lowest BCUT2D eigenvalue weighted by Gasteiger charge is -2.19. The summed E-state index contributed by atoms with van der Waals surface area (Å²) < 4.78 is 41.5. The number of rotatable bonds is 4. The number of likely N-dealkylation sites (tertiary alicyclic amines) is 1. The number of aliphatic carboxylic acids is 1. The van der Waals surface area contributed by atoms with E-state index in [-0.39, 0.29) is 29.5 Å². The third-order valence-corrected chi connectivity index (χ3v) is 3.64. The van der Waals surface area contributed by atoms with Crippen LogP contribution in [0.5, 0.6) is 5.75 Å². The number of nitrogens with zero attached hydrogens (tertiary/aromatic N) is 1. The van der Waals surface area contributed by atoms with Gasteiger partial charge >= 0.3 is 18.2 Å². The molecule has 2 N–H and O–H groups in total. The predicted octanol–water partition coefficient (Wildman–Crippen LogP) is 3.22. The predicted molar refractivity (Wildman–Crippen MR) is 79.3 cm³/mol. The van der Waals surface area contributed by atoms with Crippen molar-refractivity contribution in [2.45, 2.75) is 12.6 Å². The lowest BCUT2D eigenvalue weighted by Crippen LogP contribution is -2.34. The highest BCUT2D eigenvalue weighted by molar-refractivity contribution is 6.30. The molecule has 1 aliphatic rings. The Morgan fingerprint density at radius 1 is 1.42 bits per heavy atom. The number of carbonyl (C=O) groups is 2. The molecule has 1 unspecified atom stereocenters. The zero-order valence-electron chi connectivity index (χ0n) is 12.3. The Morgan fingerprint density at radius 2 is 2.12 bits per heavy atom. The molecule has 0 bridgehead atoms. The summed E-state index contributed by atoms with van der Waals surface area (Å²) in [7, 11) is 0. The molecular formula is C14H14ClF3N2O4. The van der Waals surface area contributed by atoms with Crippen LogP contribution in [0, 0.1) is 5.92 Å². The molecule has 1 aromatic carbocycles. The van der Waals surface area contributed by atoms with Crippen LogP contribution < -0.4 is 10.1 Å². The Morgan fingerprint density at radius 3 is 2.71 bits per heavy atom. The van der Waals surface area contributed by atoms with Gasteiger partial charge in [-0.15, -0.1) is 0 Å². The standard InChI is InChI=1S/C14H14ClF3N2O4/c15-9-1-2-10(11(5-9)24-7-14(16,17)18)19-13(23)20-4-3-8(6-20)12(21)22/h1-2,5,8H,3-4,6-7H2,(H,19,23)(H,21,22). The fraction of sp³-hybridized carbons (Fsp3) is 0.429. The van der Waals surface area contributed by atoms with Crippen LogP contribution in [0.25, 0.3) is 0 Å². The number of amides is 2. The molecule has 0 saturated carbocycles. The van der Waals surface area contributed by atoms with Gasteiger partial charge in [0.1, 0.15) is 5.75 Å². The number of benzene rings is 1. The summed E-state index contributed by atoms with van der Waals surface area (Å²) >= 11 is 5.73. The van der Waals surface area contributed by atoms with E-state index in [0.29, 0.717) is 6.42 Å². The largest absolute Gasteiger partial charge is 0.482 e. The molecule has 0 spiro atoms. The lowest BCUT2D eigenvalue weighted by molar-refractivity contribution is -0.153. The maximum Gasteiger partial charge on any atom is 0.422 e. The zero-order valence-corrected chi connectivity index (χ0v) is 13.0. The summed E-state index contributed by atoms with van der Waals surface area (Å²) in [5, 5.41) is 11.5. The normalized spacial score (nSPS) is 17.7. The monoisotopic (exact) mass is 366 g/mol. The molecule has 132 valence electrons. The highest BCUT2D eigenvalue weighted by atomic mass is 35.5. The van der Waals surface area contributed by atoms with Crippen LogP contribution in [0.15, 0.2) is 18.2 Å². The van der Waals surface area contributed by atoms with Crippen molar-refractivity contribution in [1.82, 2.24) is 4.90 Å². The van der Waals surface area contributed by atoms with Gasteiger partial charge < -0.3 is 20.1 Å². The Labute approximate surface area is 140 Å². The number of nitrogens with one attached hydrogen (secondary N) is 1. The molecule has 10 heteroatoms. The van der Waals surface area contributed by atoms with Crippen LogP contribution in [-0.4, -0.2) is 47.9 Å². The first-order valence-electron chi connectivity index (χ1n) is 6.93. The Balaban J connectivity index is 2.06. The minimum atomic E-state index is -4.53. The molecule has 24 heavy (non-hydrogen) atoms. The fourth-order valence-corrected chi connectivity index (χ4v) is 2.38. The number of carboxylic acids is 1.